The van der Waals surface area contributed by atoms with Crippen LogP contribution in [0.15, 0.2) is 29.3 Å². The summed E-state index contributed by atoms with van der Waals surface area (Å²) >= 11 is 0. The lowest BCUT2D eigenvalue weighted by atomic mass is 9.87. The molecule has 5 nitrogen and oxygen atoms in total. The van der Waals surface area contributed by atoms with Crippen LogP contribution in [0, 0.1) is 0 Å². The summed E-state index contributed by atoms with van der Waals surface area (Å²) in [5.41, 5.74) is 5.10. The van der Waals surface area contributed by atoms with Gasteiger partial charge in [0.15, 0.2) is 0 Å². The molecule has 16 heavy (non-hydrogen) atoms. The average Bonchev–Trinajstić information content (AvgIpc) is 2.55. The summed E-state index contributed by atoms with van der Waals surface area (Å²) in [5, 5.41) is 0. The highest BCUT2D eigenvalue weighted by atomic mass is 16.5. The Morgan fingerprint density at radius 3 is 2.94 bits per heavy atom. The van der Waals surface area contributed by atoms with Crippen molar-refractivity contribution < 1.29 is 14.3 Å². The second-order valence-corrected chi connectivity index (χ2v) is 3.78. The first-order chi connectivity index (χ1) is 7.72. The van der Waals surface area contributed by atoms with Gasteiger partial charge in [-0.25, -0.2) is 0 Å². The Bertz CT molecular complexity index is 498. The summed E-state index contributed by atoms with van der Waals surface area (Å²) in [5.74, 6) is 0.313. The van der Waals surface area contributed by atoms with Gasteiger partial charge >= 0.3 is 0 Å². The van der Waals surface area contributed by atoms with E-state index in [-0.39, 0.29) is 11.9 Å². The number of hydrogen-bond acceptors (Lipinski definition) is 4. The normalized spacial score (nSPS) is 27.0. The van der Waals surface area contributed by atoms with Crippen molar-refractivity contribution in [1.82, 2.24) is 0 Å². The number of carbonyl (C=O) groups is 1. The number of carbonyl (C=O) groups excluding carboxylic acids is 1. The fraction of sp³-hybridized carbons (Fsp3) is 0.273. The zero-order chi connectivity index (χ0) is 11.2. The molecule has 2 aliphatic heterocycles. The highest BCUT2D eigenvalue weighted by Gasteiger charge is 2.51. The van der Waals surface area contributed by atoms with E-state index in [1.807, 2.05) is 12.1 Å². The van der Waals surface area contributed by atoms with Crippen LogP contribution in [-0.4, -0.2) is 18.5 Å². The van der Waals surface area contributed by atoms with Crippen LogP contribution in [0.1, 0.15) is 12.0 Å². The molecule has 2 heterocycles. The number of ether oxygens (including phenoxy) is 2. The lowest BCUT2D eigenvalue weighted by Crippen LogP contribution is -2.40. The fourth-order valence-electron chi connectivity index (χ4n) is 2.13. The van der Waals surface area contributed by atoms with Crippen molar-refractivity contribution in [2.45, 2.75) is 12.0 Å². The predicted octanol–water partition coefficient (Wildman–Crippen LogP) is 0.536. The summed E-state index contributed by atoms with van der Waals surface area (Å²) in [6.07, 6.45) is 0.438. The third-order valence-electron chi connectivity index (χ3n) is 2.87. The van der Waals surface area contributed by atoms with E-state index in [4.69, 9.17) is 15.2 Å². The Hall–Kier alpha value is -2.04. The molecule has 0 saturated carbocycles. The average molecular weight is 218 g/mol. The minimum absolute atomic E-state index is 0.0679. The molecule has 5 heteroatoms. The quantitative estimate of drug-likeness (QED) is 0.689. The molecular weight excluding hydrogens is 208 g/mol. The van der Waals surface area contributed by atoms with Crippen LogP contribution in [-0.2, 0) is 15.1 Å². The van der Waals surface area contributed by atoms with E-state index in [2.05, 4.69) is 4.99 Å². The van der Waals surface area contributed by atoms with Crippen LogP contribution in [0.5, 0.6) is 5.75 Å². The van der Waals surface area contributed by atoms with E-state index >= 15 is 0 Å². The molecule has 0 fully saturated rings. The van der Waals surface area contributed by atoms with Crippen molar-refractivity contribution in [3.8, 4) is 5.75 Å². The number of amidine groups is 1. The van der Waals surface area contributed by atoms with Gasteiger partial charge in [0.05, 0.1) is 6.61 Å². The molecule has 1 spiro atoms. The zero-order valence-electron chi connectivity index (χ0n) is 8.47. The number of nitrogens with two attached hydrogens (primary N) is 1. The van der Waals surface area contributed by atoms with Crippen molar-refractivity contribution in [2.75, 3.05) is 6.61 Å². The van der Waals surface area contributed by atoms with Gasteiger partial charge in [0, 0.05) is 12.0 Å². The number of para-hydroxylation sites is 1. The molecular formula is C11H10N2O3. The summed E-state index contributed by atoms with van der Waals surface area (Å²) < 4.78 is 10.9. The van der Waals surface area contributed by atoms with Gasteiger partial charge in [-0.2, -0.15) is 4.99 Å². The van der Waals surface area contributed by atoms with E-state index in [9.17, 15) is 4.79 Å². The highest BCUT2D eigenvalue weighted by molar-refractivity contribution is 6.01. The van der Waals surface area contributed by atoms with Gasteiger partial charge < -0.3 is 15.2 Å². The summed E-state index contributed by atoms with van der Waals surface area (Å²) in [6, 6.07) is 7.23. The molecule has 0 bridgehead atoms. The van der Waals surface area contributed by atoms with Gasteiger partial charge in [0.1, 0.15) is 5.75 Å². The van der Waals surface area contributed by atoms with Gasteiger partial charge in [0.25, 0.3) is 11.9 Å². The Balaban J connectivity index is 2.15. The number of amides is 1. The number of benzene rings is 1. The maximum atomic E-state index is 11.9. The Morgan fingerprint density at radius 2 is 2.19 bits per heavy atom. The smallest absolute Gasteiger partial charge is 0.299 e. The second-order valence-electron chi connectivity index (χ2n) is 3.78. The third kappa shape index (κ3) is 1.05. The fourth-order valence-corrected chi connectivity index (χ4v) is 2.13. The van der Waals surface area contributed by atoms with E-state index in [0.29, 0.717) is 24.3 Å². The van der Waals surface area contributed by atoms with Crippen molar-refractivity contribution in [1.29, 1.82) is 0 Å². The predicted molar refractivity (Wildman–Crippen MR) is 55.9 cm³/mol. The molecule has 82 valence electrons. The summed E-state index contributed by atoms with van der Waals surface area (Å²) in [7, 11) is 0. The van der Waals surface area contributed by atoms with Crippen molar-refractivity contribution in [3.05, 3.63) is 29.8 Å². The highest BCUT2D eigenvalue weighted by Crippen LogP contribution is 2.42. The monoisotopic (exact) mass is 218 g/mol. The van der Waals surface area contributed by atoms with Gasteiger partial charge in [-0.3, -0.25) is 4.79 Å². The number of aliphatic imine (C=N–C) groups is 1. The number of hydrogen-bond donors (Lipinski definition) is 1. The van der Waals surface area contributed by atoms with Crippen molar-refractivity contribution in [3.63, 3.8) is 0 Å². The maximum Gasteiger partial charge on any atom is 0.299 e. The van der Waals surface area contributed by atoms with Crippen molar-refractivity contribution >= 4 is 11.9 Å². The molecule has 0 radical (unpaired) electrons. The number of fused-ring (bicyclic) bond motifs is 2. The summed E-state index contributed by atoms with van der Waals surface area (Å²) in [4.78, 5) is 15.5. The molecule has 1 aromatic rings. The minimum atomic E-state index is -1.06. The third-order valence-corrected chi connectivity index (χ3v) is 2.87. The Morgan fingerprint density at radius 1 is 1.38 bits per heavy atom. The standard InChI is InChI=1S/C11H10N2O3/c12-10-13-9(14)11(16-10)5-6-15-8-4-2-1-3-7(8)11/h1-4H,5-6H2,(H2,12,13,14). The van der Waals surface area contributed by atoms with Gasteiger partial charge in [-0.05, 0) is 6.07 Å². The van der Waals surface area contributed by atoms with Crippen LogP contribution in [0.3, 0.4) is 0 Å². The Kier molecular flexibility index (Phi) is 1.71. The Labute approximate surface area is 91.9 Å². The molecule has 2 aliphatic rings. The number of nitrogens with zero attached hydrogens (tertiary/aromatic N) is 1. The second kappa shape index (κ2) is 2.98. The van der Waals surface area contributed by atoms with Crippen LogP contribution >= 0.6 is 0 Å². The molecule has 1 unspecified atom stereocenters. The first kappa shape index (κ1) is 9.21. The van der Waals surface area contributed by atoms with E-state index in [0.717, 1.165) is 0 Å². The molecule has 0 aliphatic carbocycles. The largest absolute Gasteiger partial charge is 0.493 e. The molecule has 1 amide bonds. The SMILES string of the molecule is NC1=NC(=O)C2(CCOc3ccccc32)O1. The van der Waals surface area contributed by atoms with Crippen LogP contribution in [0.25, 0.3) is 0 Å². The molecule has 1 atom stereocenters. The summed E-state index contributed by atoms with van der Waals surface area (Å²) in [6.45, 7) is 0.422. The molecule has 2 N–H and O–H groups in total. The minimum Gasteiger partial charge on any atom is -0.493 e. The van der Waals surface area contributed by atoms with Crippen LogP contribution < -0.4 is 10.5 Å². The first-order valence-electron chi connectivity index (χ1n) is 5.02. The lowest BCUT2D eigenvalue weighted by Gasteiger charge is -2.32. The topological polar surface area (TPSA) is 73.9 Å². The van der Waals surface area contributed by atoms with E-state index in [1.165, 1.54) is 0 Å². The van der Waals surface area contributed by atoms with Crippen LogP contribution in [0.4, 0.5) is 0 Å². The molecule has 0 aromatic heterocycles. The van der Waals surface area contributed by atoms with Crippen LogP contribution in [0.2, 0.25) is 0 Å². The van der Waals surface area contributed by atoms with E-state index in [1.54, 1.807) is 12.1 Å². The maximum absolute atomic E-state index is 11.9. The molecule has 3 rings (SSSR count). The van der Waals surface area contributed by atoms with Gasteiger partial charge in [-0.15, -0.1) is 0 Å². The first-order valence-corrected chi connectivity index (χ1v) is 5.02. The zero-order valence-corrected chi connectivity index (χ0v) is 8.47. The van der Waals surface area contributed by atoms with Gasteiger partial charge in [0.2, 0.25) is 5.60 Å². The lowest BCUT2D eigenvalue weighted by molar-refractivity contribution is -0.134. The van der Waals surface area contributed by atoms with Crippen molar-refractivity contribution in [2.24, 2.45) is 10.7 Å². The van der Waals surface area contributed by atoms with Gasteiger partial charge in [-0.1, -0.05) is 18.2 Å². The molecule has 0 saturated heterocycles. The van der Waals surface area contributed by atoms with E-state index < -0.39 is 5.60 Å². The molecule has 1 aromatic carbocycles. The number of rotatable bonds is 0.